The quantitative estimate of drug-likeness (QED) is 0.437. The third-order valence-corrected chi connectivity index (χ3v) is 4.99. The second kappa shape index (κ2) is 6.70. The molecule has 0 spiro atoms. The highest BCUT2D eigenvalue weighted by atomic mass is 16.5. The molecule has 1 atom stereocenters. The highest BCUT2D eigenvalue weighted by molar-refractivity contribution is 5.98. The van der Waals surface area contributed by atoms with E-state index in [1.807, 2.05) is 18.2 Å². The zero-order chi connectivity index (χ0) is 17.2. The molecular formula is C20H21N3O2. The van der Waals surface area contributed by atoms with E-state index in [-0.39, 0.29) is 0 Å². The summed E-state index contributed by atoms with van der Waals surface area (Å²) in [5.74, 6) is -0.480. The van der Waals surface area contributed by atoms with E-state index < -0.39 is 5.91 Å². The molecule has 1 amide bonds. The first kappa shape index (κ1) is 15.9. The van der Waals surface area contributed by atoms with Crippen molar-refractivity contribution in [3.05, 3.63) is 70.9 Å². The minimum Gasteiger partial charge on any atom is -0.358 e. The molecule has 1 aliphatic carbocycles. The van der Waals surface area contributed by atoms with Crippen LogP contribution in [-0.4, -0.2) is 22.1 Å². The lowest BCUT2D eigenvalue weighted by Crippen LogP contribution is -2.33. The van der Waals surface area contributed by atoms with E-state index >= 15 is 0 Å². The SMILES string of the molecule is O=C(NO)c1ccc2[nH]c3c(c2c1)CC(NCc1ccccc1)CC3. The Bertz CT molecular complexity index is 902. The zero-order valence-electron chi connectivity index (χ0n) is 13.9. The highest BCUT2D eigenvalue weighted by Gasteiger charge is 2.22. The van der Waals surface area contributed by atoms with Crippen molar-refractivity contribution in [2.75, 3.05) is 0 Å². The second-order valence-electron chi connectivity index (χ2n) is 6.59. The van der Waals surface area contributed by atoms with Gasteiger partial charge in [0.15, 0.2) is 0 Å². The monoisotopic (exact) mass is 335 g/mol. The Morgan fingerprint density at radius 3 is 2.84 bits per heavy atom. The molecule has 0 radical (unpaired) electrons. The normalized spacial score (nSPS) is 16.6. The van der Waals surface area contributed by atoms with Crippen LogP contribution in [0.5, 0.6) is 0 Å². The first-order chi connectivity index (χ1) is 12.2. The van der Waals surface area contributed by atoms with E-state index in [4.69, 9.17) is 5.21 Å². The molecule has 2 aromatic carbocycles. The highest BCUT2D eigenvalue weighted by Crippen LogP contribution is 2.30. The number of nitrogens with one attached hydrogen (secondary N) is 3. The zero-order valence-corrected chi connectivity index (χ0v) is 13.9. The van der Waals surface area contributed by atoms with Crippen molar-refractivity contribution in [3.8, 4) is 0 Å². The van der Waals surface area contributed by atoms with Crippen molar-refractivity contribution in [3.63, 3.8) is 0 Å². The van der Waals surface area contributed by atoms with Gasteiger partial charge in [0.25, 0.3) is 5.91 Å². The fraction of sp³-hybridized carbons (Fsp3) is 0.250. The van der Waals surface area contributed by atoms with E-state index in [2.05, 4.69) is 34.6 Å². The summed E-state index contributed by atoms with van der Waals surface area (Å²) in [5.41, 5.74) is 7.04. The van der Waals surface area contributed by atoms with Gasteiger partial charge in [-0.25, -0.2) is 5.48 Å². The number of hydrogen-bond acceptors (Lipinski definition) is 3. The van der Waals surface area contributed by atoms with E-state index in [9.17, 15) is 4.79 Å². The average molecular weight is 335 g/mol. The van der Waals surface area contributed by atoms with Gasteiger partial charge < -0.3 is 10.3 Å². The van der Waals surface area contributed by atoms with Crippen molar-refractivity contribution in [1.29, 1.82) is 0 Å². The van der Waals surface area contributed by atoms with Crippen molar-refractivity contribution in [2.45, 2.75) is 31.8 Å². The standard InChI is InChI=1S/C20H21N3O2/c24-20(23-25)14-6-8-18-16(10-14)17-11-15(7-9-19(17)22-18)21-12-13-4-2-1-3-5-13/h1-6,8,10,15,21-22,25H,7,9,11-12H2,(H,23,24). The lowest BCUT2D eigenvalue weighted by Gasteiger charge is -2.24. The summed E-state index contributed by atoms with van der Waals surface area (Å²) in [6, 6.07) is 16.3. The molecule has 0 aliphatic heterocycles. The molecule has 3 aromatic rings. The molecular weight excluding hydrogens is 314 g/mol. The average Bonchev–Trinajstić information content (AvgIpc) is 3.03. The van der Waals surface area contributed by atoms with Crippen molar-refractivity contribution >= 4 is 16.8 Å². The van der Waals surface area contributed by atoms with Gasteiger partial charge in [0.2, 0.25) is 0 Å². The maximum Gasteiger partial charge on any atom is 0.274 e. The van der Waals surface area contributed by atoms with Gasteiger partial charge in [0.05, 0.1) is 0 Å². The number of aromatic nitrogens is 1. The van der Waals surface area contributed by atoms with Crippen LogP contribution in [-0.2, 0) is 19.4 Å². The predicted octanol–water partition coefficient (Wildman–Crippen LogP) is 2.93. The molecule has 0 fully saturated rings. The molecule has 4 N–H and O–H groups in total. The van der Waals surface area contributed by atoms with Crippen LogP contribution in [0.1, 0.15) is 33.6 Å². The Morgan fingerprint density at radius 1 is 1.20 bits per heavy atom. The summed E-state index contributed by atoms with van der Waals surface area (Å²) in [7, 11) is 0. The molecule has 128 valence electrons. The van der Waals surface area contributed by atoms with Crippen LogP contribution in [0.3, 0.4) is 0 Å². The summed E-state index contributed by atoms with van der Waals surface area (Å²) >= 11 is 0. The molecule has 1 aromatic heterocycles. The van der Waals surface area contributed by atoms with Gasteiger partial charge in [-0.05, 0) is 48.6 Å². The maximum absolute atomic E-state index is 11.7. The molecule has 0 saturated carbocycles. The minimum atomic E-state index is -0.480. The van der Waals surface area contributed by atoms with Crippen molar-refractivity contribution < 1.29 is 10.0 Å². The van der Waals surface area contributed by atoms with Gasteiger partial charge in [-0.15, -0.1) is 0 Å². The molecule has 4 rings (SSSR count). The van der Waals surface area contributed by atoms with Crippen LogP contribution in [0.15, 0.2) is 48.5 Å². The molecule has 1 unspecified atom stereocenters. The fourth-order valence-corrected chi connectivity index (χ4v) is 3.66. The Balaban J connectivity index is 1.55. The number of aromatic amines is 1. The largest absolute Gasteiger partial charge is 0.358 e. The van der Waals surface area contributed by atoms with Gasteiger partial charge in [-0.3, -0.25) is 10.0 Å². The summed E-state index contributed by atoms with van der Waals surface area (Å²) < 4.78 is 0. The molecule has 1 aliphatic rings. The first-order valence-electron chi connectivity index (χ1n) is 8.60. The van der Waals surface area contributed by atoms with Gasteiger partial charge in [-0.1, -0.05) is 30.3 Å². The van der Waals surface area contributed by atoms with Crippen LogP contribution < -0.4 is 10.8 Å². The third kappa shape index (κ3) is 3.16. The van der Waals surface area contributed by atoms with Gasteiger partial charge in [0, 0.05) is 34.7 Å². The number of carbonyl (C=O) groups is 1. The van der Waals surface area contributed by atoms with E-state index in [1.54, 1.807) is 11.5 Å². The third-order valence-electron chi connectivity index (χ3n) is 4.99. The number of amides is 1. The number of fused-ring (bicyclic) bond motifs is 3. The van der Waals surface area contributed by atoms with Crippen molar-refractivity contribution in [1.82, 2.24) is 15.8 Å². The Labute approximate surface area is 146 Å². The predicted molar refractivity (Wildman–Crippen MR) is 96.6 cm³/mol. The number of carbonyl (C=O) groups excluding carboxylic acids is 1. The first-order valence-corrected chi connectivity index (χ1v) is 8.60. The molecule has 25 heavy (non-hydrogen) atoms. The van der Waals surface area contributed by atoms with E-state index in [1.165, 1.54) is 16.8 Å². The summed E-state index contributed by atoms with van der Waals surface area (Å²) in [4.78, 5) is 15.2. The van der Waals surface area contributed by atoms with Gasteiger partial charge >= 0.3 is 0 Å². The minimum absolute atomic E-state index is 0.419. The second-order valence-corrected chi connectivity index (χ2v) is 6.59. The number of aryl methyl sites for hydroxylation is 1. The number of hydroxylamine groups is 1. The molecule has 1 heterocycles. The number of rotatable bonds is 4. The maximum atomic E-state index is 11.7. The summed E-state index contributed by atoms with van der Waals surface area (Å²) in [6.07, 6.45) is 3.03. The Morgan fingerprint density at radius 2 is 2.04 bits per heavy atom. The van der Waals surface area contributed by atoms with Crippen LogP contribution in [0.25, 0.3) is 10.9 Å². The van der Waals surface area contributed by atoms with Crippen LogP contribution >= 0.6 is 0 Å². The van der Waals surface area contributed by atoms with E-state index in [0.29, 0.717) is 11.6 Å². The topological polar surface area (TPSA) is 77.2 Å². The van der Waals surface area contributed by atoms with Crippen molar-refractivity contribution in [2.24, 2.45) is 0 Å². The van der Waals surface area contributed by atoms with Crippen LogP contribution in [0.4, 0.5) is 0 Å². The van der Waals surface area contributed by atoms with E-state index in [0.717, 1.165) is 36.7 Å². The number of H-pyrrole nitrogens is 1. The number of hydrogen-bond donors (Lipinski definition) is 4. The summed E-state index contributed by atoms with van der Waals surface area (Å²) in [5, 5.41) is 13.6. The van der Waals surface area contributed by atoms with Gasteiger partial charge in [0.1, 0.15) is 0 Å². The Hall–Kier alpha value is -2.63. The van der Waals surface area contributed by atoms with Gasteiger partial charge in [-0.2, -0.15) is 0 Å². The molecule has 0 saturated heterocycles. The molecule has 5 nitrogen and oxygen atoms in total. The van der Waals surface area contributed by atoms with Crippen LogP contribution in [0.2, 0.25) is 0 Å². The molecule has 0 bridgehead atoms. The fourth-order valence-electron chi connectivity index (χ4n) is 3.66. The molecule has 5 heteroatoms. The lowest BCUT2D eigenvalue weighted by molar-refractivity contribution is 0.0706. The smallest absolute Gasteiger partial charge is 0.274 e. The number of benzene rings is 2. The van der Waals surface area contributed by atoms with Crippen LogP contribution in [0, 0.1) is 0 Å². The Kier molecular flexibility index (Phi) is 4.26. The summed E-state index contributed by atoms with van der Waals surface area (Å²) in [6.45, 7) is 0.862. The lowest BCUT2D eigenvalue weighted by atomic mass is 9.91.